The van der Waals surface area contributed by atoms with E-state index < -0.39 is 4.92 Å². The van der Waals surface area contributed by atoms with Crippen molar-refractivity contribution in [3.8, 4) is 5.95 Å². The third-order valence-corrected chi connectivity index (χ3v) is 2.29. The van der Waals surface area contributed by atoms with Gasteiger partial charge >= 0.3 is 5.69 Å². The lowest BCUT2D eigenvalue weighted by molar-refractivity contribution is -0.386. The first kappa shape index (κ1) is 11.0. The van der Waals surface area contributed by atoms with Gasteiger partial charge in [-0.1, -0.05) is 0 Å². The maximum absolute atomic E-state index is 10.8. The molecule has 0 aliphatic heterocycles. The van der Waals surface area contributed by atoms with Gasteiger partial charge in [-0.05, 0) is 19.9 Å². The fourth-order valence-corrected chi connectivity index (χ4v) is 1.56. The van der Waals surface area contributed by atoms with E-state index in [0.29, 0.717) is 11.4 Å². The molecule has 2 aromatic rings. The Morgan fingerprint density at radius 1 is 1.47 bits per heavy atom. The fraction of sp³-hybridized carbons (Fsp3) is 0.222. The van der Waals surface area contributed by atoms with Gasteiger partial charge in [0.05, 0.1) is 4.92 Å². The zero-order valence-corrected chi connectivity index (χ0v) is 9.28. The summed E-state index contributed by atoms with van der Waals surface area (Å²) < 4.78 is 1.31. The predicted octanol–water partition coefficient (Wildman–Crippen LogP) is 0.770. The van der Waals surface area contributed by atoms with Crippen molar-refractivity contribution >= 4 is 11.5 Å². The molecule has 0 saturated carbocycles. The van der Waals surface area contributed by atoms with Crippen LogP contribution in [0, 0.1) is 24.0 Å². The first-order chi connectivity index (χ1) is 8.00. The Kier molecular flexibility index (Phi) is 2.47. The van der Waals surface area contributed by atoms with Gasteiger partial charge in [0, 0.05) is 6.20 Å². The first-order valence-corrected chi connectivity index (χ1v) is 4.80. The number of hydrogen-bond donors (Lipinski definition) is 1. The highest BCUT2D eigenvalue weighted by Gasteiger charge is 2.23. The summed E-state index contributed by atoms with van der Waals surface area (Å²) in [5.41, 5.74) is 6.18. The van der Waals surface area contributed by atoms with Gasteiger partial charge in [0.1, 0.15) is 17.2 Å². The second kappa shape index (κ2) is 3.81. The lowest BCUT2D eigenvalue weighted by atomic mass is 10.3. The largest absolute Gasteiger partial charge is 0.384 e. The standard InChI is InChI=1S/C9H10N6O2/c1-5-8(15(16)17)6(2)14(13-5)9-11-4-3-7(10)12-9/h3-4H,1-2H3,(H2,10,11,12). The molecule has 0 atom stereocenters. The van der Waals surface area contributed by atoms with Crippen LogP contribution in [0.2, 0.25) is 0 Å². The Morgan fingerprint density at radius 2 is 2.18 bits per heavy atom. The number of nitrogens with two attached hydrogens (primary N) is 1. The van der Waals surface area contributed by atoms with E-state index in [4.69, 9.17) is 5.73 Å². The lowest BCUT2D eigenvalue weighted by Crippen LogP contribution is -2.06. The summed E-state index contributed by atoms with van der Waals surface area (Å²) in [6.45, 7) is 3.15. The number of hydrogen-bond acceptors (Lipinski definition) is 6. The topological polar surface area (TPSA) is 113 Å². The zero-order chi connectivity index (χ0) is 12.6. The maximum atomic E-state index is 10.8. The van der Waals surface area contributed by atoms with Crippen LogP contribution in [0.1, 0.15) is 11.4 Å². The van der Waals surface area contributed by atoms with Gasteiger partial charge in [-0.3, -0.25) is 10.1 Å². The van der Waals surface area contributed by atoms with Crippen molar-refractivity contribution in [1.82, 2.24) is 19.7 Å². The molecule has 8 nitrogen and oxygen atoms in total. The highest BCUT2D eigenvalue weighted by molar-refractivity contribution is 5.42. The van der Waals surface area contributed by atoms with Crippen LogP contribution in [0.15, 0.2) is 12.3 Å². The van der Waals surface area contributed by atoms with Crippen molar-refractivity contribution in [3.63, 3.8) is 0 Å². The molecule has 8 heteroatoms. The minimum absolute atomic E-state index is 0.0315. The van der Waals surface area contributed by atoms with Crippen molar-refractivity contribution in [3.05, 3.63) is 33.8 Å². The summed E-state index contributed by atoms with van der Waals surface area (Å²) >= 11 is 0. The molecule has 0 bridgehead atoms. The van der Waals surface area contributed by atoms with E-state index in [-0.39, 0.29) is 17.5 Å². The number of nitrogens with zero attached hydrogens (tertiary/aromatic N) is 5. The number of anilines is 1. The van der Waals surface area contributed by atoms with E-state index in [1.54, 1.807) is 13.8 Å². The molecule has 2 heterocycles. The quantitative estimate of drug-likeness (QED) is 0.606. The van der Waals surface area contributed by atoms with Gasteiger partial charge in [0.2, 0.25) is 0 Å². The molecule has 17 heavy (non-hydrogen) atoms. The number of nitrogen functional groups attached to an aromatic ring is 1. The predicted molar refractivity (Wildman–Crippen MR) is 59.7 cm³/mol. The van der Waals surface area contributed by atoms with Gasteiger partial charge in [0.15, 0.2) is 0 Å². The minimum atomic E-state index is -0.472. The molecule has 0 radical (unpaired) electrons. The molecule has 0 fully saturated rings. The van der Waals surface area contributed by atoms with E-state index in [1.165, 1.54) is 16.9 Å². The third kappa shape index (κ3) is 1.80. The lowest BCUT2D eigenvalue weighted by Gasteiger charge is -2.01. The molecular formula is C9H10N6O2. The number of nitro groups is 1. The van der Waals surface area contributed by atoms with Gasteiger partial charge in [-0.15, -0.1) is 0 Å². The molecule has 0 aliphatic carbocycles. The van der Waals surface area contributed by atoms with Gasteiger partial charge in [-0.25, -0.2) is 4.98 Å². The van der Waals surface area contributed by atoms with Gasteiger partial charge < -0.3 is 5.73 Å². The van der Waals surface area contributed by atoms with Crippen molar-refractivity contribution in [1.29, 1.82) is 0 Å². The number of aromatic nitrogens is 4. The SMILES string of the molecule is Cc1nn(-c2nccc(N)n2)c(C)c1[N+](=O)[O-]. The van der Waals surface area contributed by atoms with E-state index in [1.807, 2.05) is 0 Å². The van der Waals surface area contributed by atoms with Crippen LogP contribution in [-0.2, 0) is 0 Å². The summed E-state index contributed by atoms with van der Waals surface area (Å²) in [7, 11) is 0. The molecule has 0 spiro atoms. The third-order valence-electron chi connectivity index (χ3n) is 2.29. The van der Waals surface area contributed by atoms with Crippen LogP contribution < -0.4 is 5.73 Å². The summed E-state index contributed by atoms with van der Waals surface area (Å²) in [4.78, 5) is 18.3. The molecule has 0 aromatic carbocycles. The second-order valence-corrected chi connectivity index (χ2v) is 3.47. The Balaban J connectivity index is 2.62. The monoisotopic (exact) mass is 234 g/mol. The number of rotatable bonds is 2. The Morgan fingerprint density at radius 3 is 2.71 bits per heavy atom. The molecule has 88 valence electrons. The highest BCUT2D eigenvalue weighted by Crippen LogP contribution is 2.23. The van der Waals surface area contributed by atoms with Crippen LogP contribution in [0.5, 0.6) is 0 Å². The smallest absolute Gasteiger partial charge is 0.313 e. The summed E-state index contributed by atoms with van der Waals surface area (Å²) in [5, 5.41) is 14.9. The zero-order valence-electron chi connectivity index (χ0n) is 9.28. The Labute approximate surface area is 96.3 Å². The van der Waals surface area contributed by atoms with Crippen LogP contribution >= 0.6 is 0 Å². The Hall–Kier alpha value is -2.51. The first-order valence-electron chi connectivity index (χ1n) is 4.80. The van der Waals surface area contributed by atoms with E-state index in [0.717, 1.165) is 0 Å². The average Bonchev–Trinajstić information content (AvgIpc) is 2.54. The molecular weight excluding hydrogens is 224 g/mol. The second-order valence-electron chi connectivity index (χ2n) is 3.47. The molecule has 2 rings (SSSR count). The van der Waals surface area contributed by atoms with Crippen LogP contribution in [0.4, 0.5) is 11.5 Å². The van der Waals surface area contributed by atoms with Crippen molar-refractivity contribution in [2.45, 2.75) is 13.8 Å². The normalized spacial score (nSPS) is 10.5. The summed E-state index contributed by atoms with van der Waals surface area (Å²) in [5.74, 6) is 0.504. The molecule has 0 aliphatic rings. The Bertz CT molecular complexity index is 591. The van der Waals surface area contributed by atoms with Crippen molar-refractivity contribution < 1.29 is 4.92 Å². The van der Waals surface area contributed by atoms with E-state index >= 15 is 0 Å². The molecule has 0 saturated heterocycles. The molecule has 0 amide bonds. The van der Waals surface area contributed by atoms with Gasteiger partial charge in [0.25, 0.3) is 5.95 Å². The van der Waals surface area contributed by atoms with Crippen LogP contribution in [0.3, 0.4) is 0 Å². The highest BCUT2D eigenvalue weighted by atomic mass is 16.6. The van der Waals surface area contributed by atoms with Crippen molar-refractivity contribution in [2.75, 3.05) is 5.73 Å². The van der Waals surface area contributed by atoms with Crippen LogP contribution in [0.25, 0.3) is 5.95 Å². The average molecular weight is 234 g/mol. The molecule has 2 N–H and O–H groups in total. The molecule has 0 unspecified atom stereocenters. The van der Waals surface area contributed by atoms with E-state index in [2.05, 4.69) is 15.1 Å². The minimum Gasteiger partial charge on any atom is -0.384 e. The maximum Gasteiger partial charge on any atom is 0.313 e. The number of aryl methyl sites for hydroxylation is 1. The molecule has 2 aromatic heterocycles. The van der Waals surface area contributed by atoms with E-state index in [9.17, 15) is 10.1 Å². The fourth-order valence-electron chi connectivity index (χ4n) is 1.56. The van der Waals surface area contributed by atoms with Crippen LogP contribution in [-0.4, -0.2) is 24.7 Å². The summed E-state index contributed by atoms with van der Waals surface area (Å²) in [6.07, 6.45) is 1.47. The summed E-state index contributed by atoms with van der Waals surface area (Å²) in [6, 6.07) is 1.53. The van der Waals surface area contributed by atoms with Gasteiger partial charge in [-0.2, -0.15) is 14.8 Å². The van der Waals surface area contributed by atoms with Crippen molar-refractivity contribution in [2.24, 2.45) is 0 Å².